The van der Waals surface area contributed by atoms with Gasteiger partial charge < -0.3 is 10.5 Å². The minimum absolute atomic E-state index is 0.0424. The van der Waals surface area contributed by atoms with Crippen molar-refractivity contribution in [3.8, 4) is 0 Å². The maximum atomic E-state index is 6.72. The number of nitrogens with two attached hydrogens (primary N) is 1. The van der Waals surface area contributed by atoms with Crippen LogP contribution in [-0.2, 0) is 4.74 Å². The first-order valence-electron chi connectivity index (χ1n) is 8.73. The lowest BCUT2D eigenvalue weighted by atomic mass is 9.64. The number of rotatable bonds is 4. The van der Waals surface area contributed by atoms with E-state index in [1.165, 1.54) is 44.9 Å². The normalized spacial score (nSPS) is 34.6. The van der Waals surface area contributed by atoms with Gasteiger partial charge in [-0.2, -0.15) is 0 Å². The second-order valence-corrected chi connectivity index (χ2v) is 8.15. The van der Waals surface area contributed by atoms with E-state index in [1.54, 1.807) is 0 Å². The largest absolute Gasteiger partial charge is 0.377 e. The lowest BCUT2D eigenvalue weighted by molar-refractivity contribution is -0.0936. The molecule has 0 saturated heterocycles. The average molecular weight is 281 g/mol. The van der Waals surface area contributed by atoms with Gasteiger partial charge in [0.25, 0.3) is 0 Å². The Morgan fingerprint density at radius 1 is 1.05 bits per heavy atom. The zero-order valence-corrected chi connectivity index (χ0v) is 14.1. The summed E-state index contributed by atoms with van der Waals surface area (Å²) in [4.78, 5) is 0. The van der Waals surface area contributed by atoms with E-state index in [4.69, 9.17) is 10.5 Å². The van der Waals surface area contributed by atoms with E-state index >= 15 is 0 Å². The second kappa shape index (κ2) is 6.36. The molecular weight excluding hydrogens is 246 g/mol. The van der Waals surface area contributed by atoms with E-state index < -0.39 is 0 Å². The fourth-order valence-corrected chi connectivity index (χ4v) is 4.41. The zero-order valence-electron chi connectivity index (χ0n) is 14.1. The van der Waals surface area contributed by atoms with Crippen molar-refractivity contribution in [1.29, 1.82) is 0 Å². The Morgan fingerprint density at radius 3 is 2.05 bits per heavy atom. The highest BCUT2D eigenvalue weighted by Crippen LogP contribution is 2.46. The van der Waals surface area contributed by atoms with Crippen molar-refractivity contribution < 1.29 is 4.74 Å². The molecule has 0 amide bonds. The first-order chi connectivity index (χ1) is 9.42. The molecule has 2 aliphatic rings. The van der Waals surface area contributed by atoms with Gasteiger partial charge >= 0.3 is 0 Å². The van der Waals surface area contributed by atoms with Gasteiger partial charge in [0.2, 0.25) is 0 Å². The van der Waals surface area contributed by atoms with Gasteiger partial charge in [-0.15, -0.1) is 0 Å². The molecular formula is C18H35NO. The van der Waals surface area contributed by atoms with Gasteiger partial charge in [-0.25, -0.2) is 0 Å². The lowest BCUT2D eigenvalue weighted by Gasteiger charge is -2.49. The third kappa shape index (κ3) is 3.39. The molecule has 0 aromatic heterocycles. The van der Waals surface area contributed by atoms with Crippen LogP contribution in [0.1, 0.15) is 78.6 Å². The number of hydrogen-bond donors (Lipinski definition) is 1. The van der Waals surface area contributed by atoms with Gasteiger partial charge in [-0.1, -0.05) is 40.0 Å². The van der Waals surface area contributed by atoms with Crippen LogP contribution in [0.2, 0.25) is 0 Å². The summed E-state index contributed by atoms with van der Waals surface area (Å²) in [5.74, 6) is 1.63. The molecule has 20 heavy (non-hydrogen) atoms. The number of ether oxygens (including phenoxy) is 1. The second-order valence-electron chi connectivity index (χ2n) is 8.15. The first kappa shape index (κ1) is 16.3. The van der Waals surface area contributed by atoms with Crippen LogP contribution in [0, 0.1) is 17.3 Å². The molecule has 2 aliphatic carbocycles. The van der Waals surface area contributed by atoms with Crippen LogP contribution in [0.25, 0.3) is 0 Å². The maximum absolute atomic E-state index is 6.72. The summed E-state index contributed by atoms with van der Waals surface area (Å²) in [7, 11) is 1.88. The Kier molecular flexibility index (Phi) is 5.18. The van der Waals surface area contributed by atoms with Crippen LogP contribution in [-0.4, -0.2) is 18.8 Å². The minimum Gasteiger partial charge on any atom is -0.377 e. The summed E-state index contributed by atoms with van der Waals surface area (Å²) in [5, 5.41) is 0. The molecule has 0 aromatic carbocycles. The fourth-order valence-electron chi connectivity index (χ4n) is 4.41. The fraction of sp³-hybridized carbons (Fsp3) is 1.00. The predicted octanol–water partition coefficient (Wildman–Crippen LogP) is 4.52. The van der Waals surface area contributed by atoms with Crippen molar-refractivity contribution in [3.63, 3.8) is 0 Å². The molecule has 2 fully saturated rings. The molecule has 0 aromatic rings. The van der Waals surface area contributed by atoms with Gasteiger partial charge in [0, 0.05) is 13.2 Å². The van der Waals surface area contributed by atoms with Crippen molar-refractivity contribution in [2.75, 3.05) is 7.11 Å². The quantitative estimate of drug-likeness (QED) is 0.822. The molecule has 2 nitrogen and oxygen atoms in total. The van der Waals surface area contributed by atoms with Crippen molar-refractivity contribution >= 4 is 0 Å². The van der Waals surface area contributed by atoms with E-state index in [2.05, 4.69) is 20.8 Å². The summed E-state index contributed by atoms with van der Waals surface area (Å²) < 4.78 is 6.02. The van der Waals surface area contributed by atoms with Crippen molar-refractivity contribution in [2.24, 2.45) is 23.0 Å². The summed E-state index contributed by atoms with van der Waals surface area (Å²) in [6.45, 7) is 7.08. The van der Waals surface area contributed by atoms with Crippen LogP contribution in [0.5, 0.6) is 0 Å². The van der Waals surface area contributed by atoms with Gasteiger partial charge in [0.05, 0.1) is 5.60 Å². The molecule has 2 rings (SSSR count). The molecule has 0 aliphatic heterocycles. The Bertz CT molecular complexity index is 295. The third-order valence-corrected chi connectivity index (χ3v) is 6.44. The van der Waals surface area contributed by atoms with E-state index in [-0.39, 0.29) is 11.6 Å². The smallest absolute Gasteiger partial charge is 0.0831 e. The molecule has 2 N–H and O–H groups in total. The summed E-state index contributed by atoms with van der Waals surface area (Å²) >= 11 is 0. The lowest BCUT2D eigenvalue weighted by Crippen LogP contribution is -2.56. The highest BCUT2D eigenvalue weighted by molar-refractivity contribution is 5.00. The Labute approximate surface area is 125 Å². The van der Waals surface area contributed by atoms with Gasteiger partial charge in [0.15, 0.2) is 0 Å². The van der Waals surface area contributed by atoms with E-state index in [1.807, 2.05) is 7.11 Å². The van der Waals surface area contributed by atoms with E-state index in [0.717, 1.165) is 18.8 Å². The van der Waals surface area contributed by atoms with Crippen LogP contribution in [0.3, 0.4) is 0 Å². The maximum Gasteiger partial charge on any atom is 0.0831 e. The third-order valence-electron chi connectivity index (χ3n) is 6.44. The number of hydrogen-bond acceptors (Lipinski definition) is 2. The van der Waals surface area contributed by atoms with Crippen molar-refractivity contribution in [2.45, 2.75) is 90.2 Å². The summed E-state index contributed by atoms with van der Waals surface area (Å²) in [5.41, 5.74) is 7.15. The minimum atomic E-state index is -0.0424. The summed E-state index contributed by atoms with van der Waals surface area (Å²) in [6, 6.07) is 0.237. The van der Waals surface area contributed by atoms with Gasteiger partial charge in [-0.3, -0.25) is 0 Å². The SMILES string of the molecule is CCC1CCC(C(N)C2(OC)CCC(C)(C)CC2)CC1. The van der Waals surface area contributed by atoms with Crippen molar-refractivity contribution in [1.82, 2.24) is 0 Å². The van der Waals surface area contributed by atoms with Crippen LogP contribution in [0.15, 0.2) is 0 Å². The van der Waals surface area contributed by atoms with Crippen LogP contribution >= 0.6 is 0 Å². The topological polar surface area (TPSA) is 35.2 Å². The molecule has 0 bridgehead atoms. The Hall–Kier alpha value is -0.0800. The van der Waals surface area contributed by atoms with Gasteiger partial charge in [-0.05, 0) is 55.8 Å². The molecule has 0 heterocycles. The van der Waals surface area contributed by atoms with E-state index in [0.29, 0.717) is 11.3 Å². The highest BCUT2D eigenvalue weighted by Gasteiger charge is 2.45. The van der Waals surface area contributed by atoms with Crippen LogP contribution in [0.4, 0.5) is 0 Å². The standard InChI is InChI=1S/C18H35NO/c1-5-14-6-8-15(9-7-14)16(19)18(20-4)12-10-17(2,3)11-13-18/h14-16H,5-13,19H2,1-4H3. The van der Waals surface area contributed by atoms with Crippen LogP contribution < -0.4 is 5.73 Å². The zero-order chi connectivity index (χ0) is 14.8. The number of methoxy groups -OCH3 is 1. The predicted molar refractivity (Wildman–Crippen MR) is 85.7 cm³/mol. The van der Waals surface area contributed by atoms with Gasteiger partial charge in [0.1, 0.15) is 0 Å². The molecule has 1 unspecified atom stereocenters. The molecule has 2 saturated carbocycles. The molecule has 2 heteroatoms. The summed E-state index contributed by atoms with van der Waals surface area (Å²) in [6.07, 6.45) is 11.5. The molecule has 1 atom stereocenters. The monoisotopic (exact) mass is 281 g/mol. The first-order valence-corrected chi connectivity index (χ1v) is 8.73. The van der Waals surface area contributed by atoms with Crippen molar-refractivity contribution in [3.05, 3.63) is 0 Å². The van der Waals surface area contributed by atoms with E-state index in [9.17, 15) is 0 Å². The Balaban J connectivity index is 1.97. The average Bonchev–Trinajstić information content (AvgIpc) is 2.47. The highest BCUT2D eigenvalue weighted by atomic mass is 16.5. The Morgan fingerprint density at radius 2 is 1.60 bits per heavy atom. The molecule has 0 radical (unpaired) electrons. The molecule has 118 valence electrons. The molecule has 0 spiro atoms.